The van der Waals surface area contributed by atoms with Gasteiger partial charge in [-0.15, -0.1) is 0 Å². The number of hydrogen-bond donors (Lipinski definition) is 8. The SMILES string of the molecule is CC(=O)OC1C(OCCc2ccc(O)c(O)c2)OC(CO)C(OC(=O)C=Cc2ccc(O)c(O)c2)C1OC1OCC(O)C(O)C1O. The Kier molecular flexibility index (Phi) is 11.8. The van der Waals surface area contributed by atoms with E-state index in [-0.39, 0.29) is 30.3 Å². The van der Waals surface area contributed by atoms with E-state index in [0.29, 0.717) is 11.1 Å². The monoisotopic (exact) mass is 652 g/mol. The van der Waals surface area contributed by atoms with Gasteiger partial charge in [-0.2, -0.15) is 0 Å². The fourth-order valence-corrected chi connectivity index (χ4v) is 4.83. The summed E-state index contributed by atoms with van der Waals surface area (Å²) >= 11 is 0. The Morgan fingerprint density at radius 1 is 0.870 bits per heavy atom. The molecule has 2 heterocycles. The first-order valence-electron chi connectivity index (χ1n) is 14.2. The minimum Gasteiger partial charge on any atom is -0.504 e. The van der Waals surface area contributed by atoms with Gasteiger partial charge >= 0.3 is 11.9 Å². The summed E-state index contributed by atoms with van der Waals surface area (Å²) in [7, 11) is 0. The van der Waals surface area contributed by atoms with Crippen LogP contribution in [0.1, 0.15) is 18.1 Å². The number of benzene rings is 2. The van der Waals surface area contributed by atoms with Gasteiger partial charge in [0, 0.05) is 13.0 Å². The van der Waals surface area contributed by atoms with Crippen LogP contribution in [-0.4, -0.2) is 128 Å². The predicted octanol–water partition coefficient (Wildman–Crippen LogP) is -0.834. The molecular weight excluding hydrogens is 616 g/mol. The van der Waals surface area contributed by atoms with Crippen molar-refractivity contribution >= 4 is 18.0 Å². The summed E-state index contributed by atoms with van der Waals surface area (Å²) in [5, 5.41) is 79.4. The molecule has 16 nitrogen and oxygen atoms in total. The van der Waals surface area contributed by atoms with Crippen LogP contribution in [0.3, 0.4) is 0 Å². The minimum atomic E-state index is -1.79. The van der Waals surface area contributed by atoms with E-state index in [1.165, 1.54) is 42.5 Å². The number of esters is 2. The summed E-state index contributed by atoms with van der Waals surface area (Å²) < 4.78 is 34.0. The van der Waals surface area contributed by atoms with E-state index in [1.807, 2.05) is 0 Å². The molecule has 0 radical (unpaired) electrons. The van der Waals surface area contributed by atoms with Crippen molar-refractivity contribution in [3.63, 3.8) is 0 Å². The van der Waals surface area contributed by atoms with Crippen molar-refractivity contribution in [1.29, 1.82) is 0 Å². The molecule has 2 aromatic carbocycles. The molecular formula is C30H36O16. The van der Waals surface area contributed by atoms with Crippen LogP contribution >= 0.6 is 0 Å². The Morgan fingerprint density at radius 3 is 2.22 bits per heavy atom. The van der Waals surface area contributed by atoms with Gasteiger partial charge in [-0.25, -0.2) is 4.79 Å². The highest BCUT2D eigenvalue weighted by Crippen LogP contribution is 2.33. The molecule has 2 aliphatic rings. The Hall–Kier alpha value is -4.00. The molecule has 4 rings (SSSR count). The molecule has 0 amide bonds. The predicted molar refractivity (Wildman–Crippen MR) is 152 cm³/mol. The van der Waals surface area contributed by atoms with Gasteiger partial charge in [-0.05, 0) is 47.9 Å². The smallest absolute Gasteiger partial charge is 0.331 e. The van der Waals surface area contributed by atoms with Crippen LogP contribution in [0.2, 0.25) is 0 Å². The molecule has 0 aromatic heterocycles. The van der Waals surface area contributed by atoms with Crippen molar-refractivity contribution in [2.45, 2.75) is 68.7 Å². The van der Waals surface area contributed by atoms with Crippen LogP contribution in [0.25, 0.3) is 6.08 Å². The average molecular weight is 653 g/mol. The molecule has 0 bridgehead atoms. The van der Waals surface area contributed by atoms with Gasteiger partial charge in [0.1, 0.15) is 30.5 Å². The van der Waals surface area contributed by atoms with E-state index >= 15 is 0 Å². The molecule has 252 valence electrons. The molecule has 9 atom stereocenters. The molecule has 8 N–H and O–H groups in total. The van der Waals surface area contributed by atoms with Crippen molar-refractivity contribution in [1.82, 2.24) is 0 Å². The Labute approximate surface area is 262 Å². The first kappa shape index (κ1) is 34.9. The van der Waals surface area contributed by atoms with Crippen LogP contribution in [0.5, 0.6) is 23.0 Å². The van der Waals surface area contributed by atoms with Crippen molar-refractivity contribution in [3.05, 3.63) is 53.6 Å². The van der Waals surface area contributed by atoms with E-state index in [2.05, 4.69) is 0 Å². The van der Waals surface area contributed by atoms with Gasteiger partial charge in [-0.1, -0.05) is 12.1 Å². The highest BCUT2D eigenvalue weighted by atomic mass is 16.8. The lowest BCUT2D eigenvalue weighted by atomic mass is 9.97. The van der Waals surface area contributed by atoms with Crippen molar-refractivity contribution < 1.29 is 78.9 Å². The zero-order chi connectivity index (χ0) is 33.5. The van der Waals surface area contributed by atoms with Crippen molar-refractivity contribution in [2.24, 2.45) is 0 Å². The lowest BCUT2D eigenvalue weighted by Crippen LogP contribution is -2.65. The first-order chi connectivity index (χ1) is 21.9. The molecule has 2 saturated heterocycles. The number of aromatic hydroxyl groups is 4. The topological polar surface area (TPSA) is 251 Å². The minimum absolute atomic E-state index is 0.0996. The first-order valence-corrected chi connectivity index (χ1v) is 14.2. The number of ether oxygens (including phenoxy) is 6. The van der Waals surface area contributed by atoms with Crippen LogP contribution in [0.15, 0.2) is 42.5 Å². The summed E-state index contributed by atoms with van der Waals surface area (Å²) in [4.78, 5) is 25.2. The molecule has 2 aliphatic heterocycles. The van der Waals surface area contributed by atoms with Crippen LogP contribution in [0, 0.1) is 0 Å². The van der Waals surface area contributed by atoms with Gasteiger partial charge in [0.05, 0.1) is 19.8 Å². The number of aliphatic hydroxyl groups is 4. The van der Waals surface area contributed by atoms with Crippen molar-refractivity contribution in [2.75, 3.05) is 19.8 Å². The highest BCUT2D eigenvalue weighted by Gasteiger charge is 2.53. The average Bonchev–Trinajstić information content (AvgIpc) is 3.01. The number of aliphatic hydroxyl groups excluding tert-OH is 4. The maximum absolute atomic E-state index is 12.9. The van der Waals surface area contributed by atoms with Gasteiger partial charge in [0.2, 0.25) is 0 Å². The van der Waals surface area contributed by atoms with E-state index in [0.717, 1.165) is 13.0 Å². The third kappa shape index (κ3) is 8.62. The van der Waals surface area contributed by atoms with Gasteiger partial charge < -0.3 is 69.3 Å². The maximum Gasteiger partial charge on any atom is 0.331 e. The molecule has 16 heteroatoms. The standard InChI is InChI=1S/C30H36O16/c1-14(32)43-28-27(46-29-25(40)24(39)21(37)13-42-29)26(45-23(38)7-4-15-2-5-17(33)19(35)10-15)22(12-31)44-30(28)41-9-8-16-3-6-18(34)20(36)11-16/h2-7,10-11,21-22,24-31,33-37,39-40H,8-9,12-13H2,1H3. The number of rotatable bonds is 11. The second-order valence-corrected chi connectivity index (χ2v) is 10.6. The van der Waals surface area contributed by atoms with Gasteiger partial charge in [0.15, 0.2) is 47.8 Å². The quantitative estimate of drug-likeness (QED) is 0.0837. The second-order valence-electron chi connectivity index (χ2n) is 10.6. The lowest BCUT2D eigenvalue weighted by Gasteiger charge is -2.46. The van der Waals surface area contributed by atoms with Crippen LogP contribution in [-0.2, 0) is 44.4 Å². The van der Waals surface area contributed by atoms with Gasteiger partial charge in [-0.3, -0.25) is 4.79 Å². The zero-order valence-corrected chi connectivity index (χ0v) is 24.5. The molecule has 46 heavy (non-hydrogen) atoms. The van der Waals surface area contributed by atoms with Crippen molar-refractivity contribution in [3.8, 4) is 23.0 Å². The third-order valence-electron chi connectivity index (χ3n) is 7.19. The molecule has 9 unspecified atom stereocenters. The van der Waals surface area contributed by atoms with Gasteiger partial charge in [0.25, 0.3) is 0 Å². The fourth-order valence-electron chi connectivity index (χ4n) is 4.83. The Balaban J connectivity index is 1.59. The number of carbonyl (C=O) groups is 2. The number of phenolic OH excluding ortho intramolecular Hbond substituents is 4. The number of carbonyl (C=O) groups excluding carboxylic acids is 2. The fraction of sp³-hybridized carbons (Fsp3) is 0.467. The van der Waals surface area contributed by atoms with E-state index < -0.39 is 86.2 Å². The molecule has 0 spiro atoms. The number of phenols is 4. The third-order valence-corrected chi connectivity index (χ3v) is 7.19. The molecule has 0 aliphatic carbocycles. The second kappa shape index (κ2) is 15.5. The lowest BCUT2D eigenvalue weighted by molar-refractivity contribution is -0.350. The summed E-state index contributed by atoms with van der Waals surface area (Å²) in [5.41, 5.74) is 0.881. The molecule has 2 aromatic rings. The van der Waals surface area contributed by atoms with Crippen LogP contribution in [0.4, 0.5) is 0 Å². The highest BCUT2D eigenvalue weighted by molar-refractivity contribution is 5.87. The largest absolute Gasteiger partial charge is 0.504 e. The summed E-state index contributed by atoms with van der Waals surface area (Å²) in [5.74, 6) is -3.30. The summed E-state index contributed by atoms with van der Waals surface area (Å²) in [6.07, 6.45) is -11.5. The Morgan fingerprint density at radius 2 is 1.57 bits per heavy atom. The molecule has 2 fully saturated rings. The van der Waals surface area contributed by atoms with E-state index in [4.69, 9.17) is 28.4 Å². The van der Waals surface area contributed by atoms with Crippen LogP contribution < -0.4 is 0 Å². The summed E-state index contributed by atoms with van der Waals surface area (Å²) in [6, 6.07) is 7.94. The maximum atomic E-state index is 12.9. The molecule has 0 saturated carbocycles. The zero-order valence-electron chi connectivity index (χ0n) is 24.5. The number of hydrogen-bond acceptors (Lipinski definition) is 16. The van der Waals surface area contributed by atoms with E-state index in [9.17, 15) is 50.4 Å². The summed E-state index contributed by atoms with van der Waals surface area (Å²) in [6.45, 7) is -0.229. The Bertz CT molecular complexity index is 1380. The normalized spacial score (nSPS) is 29.8. The van der Waals surface area contributed by atoms with E-state index in [1.54, 1.807) is 0 Å².